The van der Waals surface area contributed by atoms with Crippen LogP contribution in [0.15, 0.2) is 10.5 Å². The second kappa shape index (κ2) is 6.42. The van der Waals surface area contributed by atoms with E-state index in [1.165, 1.54) is 24.0 Å². The van der Waals surface area contributed by atoms with Gasteiger partial charge in [0, 0.05) is 6.42 Å². The summed E-state index contributed by atoms with van der Waals surface area (Å²) in [5.41, 5.74) is 3.52. The highest BCUT2D eigenvalue weighted by atomic mass is 79.9. The number of benzene rings is 1. The van der Waals surface area contributed by atoms with Crippen molar-refractivity contribution in [2.75, 3.05) is 0 Å². The van der Waals surface area contributed by atoms with E-state index >= 15 is 0 Å². The van der Waals surface area contributed by atoms with E-state index in [1.54, 1.807) is 0 Å². The monoisotopic (exact) mass is 326 g/mol. The molecule has 1 aliphatic carbocycles. The Hall–Kier alpha value is -1.03. The van der Waals surface area contributed by atoms with Crippen molar-refractivity contribution in [2.45, 2.75) is 51.4 Å². The quantitative estimate of drug-likeness (QED) is 0.826. The predicted molar refractivity (Wildman–Crippen MR) is 77.6 cm³/mol. The molecule has 1 aromatic carbocycles. The Kier molecular flexibility index (Phi) is 4.86. The van der Waals surface area contributed by atoms with Crippen molar-refractivity contribution in [2.24, 2.45) is 0 Å². The van der Waals surface area contributed by atoms with Crippen LogP contribution in [0.5, 0.6) is 5.75 Å². The number of hydrogen-bond acceptors (Lipinski definition) is 2. The van der Waals surface area contributed by atoms with Gasteiger partial charge in [0.05, 0.1) is 4.47 Å². The molecule has 3 nitrogen and oxygen atoms in total. The molecule has 0 heterocycles. The van der Waals surface area contributed by atoms with Crippen LogP contribution in [0.1, 0.15) is 48.8 Å². The van der Waals surface area contributed by atoms with E-state index in [1.807, 2.05) is 6.07 Å². The fourth-order valence-corrected chi connectivity index (χ4v) is 3.32. The van der Waals surface area contributed by atoms with Crippen LogP contribution in [-0.4, -0.2) is 16.2 Å². The van der Waals surface area contributed by atoms with Crippen molar-refractivity contribution in [3.63, 3.8) is 0 Å². The van der Waals surface area contributed by atoms with E-state index in [4.69, 9.17) is 5.11 Å². The second-order valence-electron chi connectivity index (χ2n) is 5.13. The summed E-state index contributed by atoms with van der Waals surface area (Å²) in [5.74, 6) is -0.480. The molecule has 0 radical (unpaired) electrons. The highest BCUT2D eigenvalue weighted by Crippen LogP contribution is 2.37. The van der Waals surface area contributed by atoms with Crippen LogP contribution in [0.25, 0.3) is 0 Å². The number of halogens is 1. The third-order valence-corrected chi connectivity index (χ3v) is 4.36. The molecule has 0 spiro atoms. The van der Waals surface area contributed by atoms with Crippen molar-refractivity contribution in [3.05, 3.63) is 27.2 Å². The molecular weight excluding hydrogens is 308 g/mol. The standard InChI is InChI=1S/C15H19BrO3/c16-13-9-10-5-2-1-3-6-11(10)12(15(13)19)7-4-8-14(17)18/h9,19H,1-8H2,(H,17,18). The normalized spacial score (nSPS) is 14.8. The summed E-state index contributed by atoms with van der Waals surface area (Å²) in [6, 6.07) is 2.02. The summed E-state index contributed by atoms with van der Waals surface area (Å²) in [6.45, 7) is 0. The van der Waals surface area contributed by atoms with Gasteiger partial charge >= 0.3 is 5.97 Å². The number of phenolic OH excluding ortho intramolecular Hbond substituents is 1. The Morgan fingerprint density at radius 1 is 1.26 bits per heavy atom. The molecule has 1 aromatic rings. The number of phenols is 1. The molecule has 104 valence electrons. The highest BCUT2D eigenvalue weighted by Gasteiger charge is 2.18. The van der Waals surface area contributed by atoms with Crippen LogP contribution in [0.2, 0.25) is 0 Å². The van der Waals surface area contributed by atoms with Crippen molar-refractivity contribution in [3.8, 4) is 5.75 Å². The number of fused-ring (bicyclic) bond motifs is 1. The topological polar surface area (TPSA) is 57.5 Å². The first kappa shape index (κ1) is 14.4. The SMILES string of the molecule is O=C(O)CCCc1c(O)c(Br)cc2c1CCCCC2. The number of carboxylic acids is 1. The van der Waals surface area contributed by atoms with Crippen molar-refractivity contribution in [1.82, 2.24) is 0 Å². The zero-order valence-corrected chi connectivity index (χ0v) is 12.5. The number of aromatic hydroxyl groups is 1. The summed E-state index contributed by atoms with van der Waals surface area (Å²) in [5, 5.41) is 18.9. The molecular formula is C15H19BrO3. The van der Waals surface area contributed by atoms with Gasteiger partial charge in [-0.05, 0) is 77.2 Å². The Morgan fingerprint density at radius 2 is 2.00 bits per heavy atom. The first-order valence-electron chi connectivity index (χ1n) is 6.83. The van der Waals surface area contributed by atoms with E-state index in [2.05, 4.69) is 15.9 Å². The van der Waals surface area contributed by atoms with Crippen LogP contribution >= 0.6 is 15.9 Å². The van der Waals surface area contributed by atoms with E-state index in [0.29, 0.717) is 18.6 Å². The van der Waals surface area contributed by atoms with Gasteiger partial charge in [-0.15, -0.1) is 0 Å². The number of aliphatic carboxylic acids is 1. The van der Waals surface area contributed by atoms with Gasteiger partial charge in [0.2, 0.25) is 0 Å². The zero-order chi connectivity index (χ0) is 13.8. The van der Waals surface area contributed by atoms with Gasteiger partial charge in [0.25, 0.3) is 0 Å². The van der Waals surface area contributed by atoms with Gasteiger partial charge in [-0.1, -0.05) is 6.42 Å². The first-order valence-corrected chi connectivity index (χ1v) is 7.62. The third kappa shape index (κ3) is 3.50. The number of aryl methyl sites for hydroxylation is 1. The van der Waals surface area contributed by atoms with E-state index in [0.717, 1.165) is 29.3 Å². The smallest absolute Gasteiger partial charge is 0.303 e. The van der Waals surface area contributed by atoms with Crippen molar-refractivity contribution >= 4 is 21.9 Å². The minimum absolute atomic E-state index is 0.153. The number of carbonyl (C=O) groups is 1. The van der Waals surface area contributed by atoms with Gasteiger partial charge in [-0.3, -0.25) is 4.79 Å². The minimum Gasteiger partial charge on any atom is -0.506 e. The van der Waals surface area contributed by atoms with E-state index in [9.17, 15) is 9.90 Å². The third-order valence-electron chi connectivity index (χ3n) is 3.76. The molecule has 4 heteroatoms. The average Bonchev–Trinajstić information content (AvgIpc) is 2.58. The molecule has 0 atom stereocenters. The molecule has 1 aliphatic rings. The van der Waals surface area contributed by atoms with Crippen LogP contribution < -0.4 is 0 Å². The number of rotatable bonds is 4. The molecule has 0 fully saturated rings. The maximum atomic E-state index is 10.6. The maximum Gasteiger partial charge on any atom is 0.303 e. The first-order chi connectivity index (χ1) is 9.09. The Bertz CT molecular complexity index is 483. The van der Waals surface area contributed by atoms with Gasteiger partial charge in [0.15, 0.2) is 0 Å². The maximum absolute atomic E-state index is 10.6. The molecule has 0 saturated heterocycles. The zero-order valence-electron chi connectivity index (χ0n) is 10.9. The molecule has 2 N–H and O–H groups in total. The molecule has 2 rings (SSSR count). The Balaban J connectivity index is 2.28. The summed E-state index contributed by atoms with van der Waals surface area (Å²) in [6.07, 6.45) is 6.99. The van der Waals surface area contributed by atoms with Crippen LogP contribution in [0.4, 0.5) is 0 Å². The van der Waals surface area contributed by atoms with Gasteiger partial charge in [-0.25, -0.2) is 0 Å². The van der Waals surface area contributed by atoms with Gasteiger partial charge in [0.1, 0.15) is 5.75 Å². The van der Waals surface area contributed by atoms with Crippen LogP contribution in [0.3, 0.4) is 0 Å². The summed E-state index contributed by atoms with van der Waals surface area (Å²) in [7, 11) is 0. The van der Waals surface area contributed by atoms with Crippen LogP contribution in [-0.2, 0) is 24.1 Å². The fraction of sp³-hybridized carbons (Fsp3) is 0.533. The molecule has 0 saturated carbocycles. The lowest BCUT2D eigenvalue weighted by Gasteiger charge is -2.16. The molecule has 0 aliphatic heterocycles. The molecule has 0 bridgehead atoms. The molecule has 19 heavy (non-hydrogen) atoms. The van der Waals surface area contributed by atoms with Crippen molar-refractivity contribution < 1.29 is 15.0 Å². The summed E-state index contributed by atoms with van der Waals surface area (Å²) in [4.78, 5) is 10.6. The largest absolute Gasteiger partial charge is 0.506 e. The van der Waals surface area contributed by atoms with E-state index in [-0.39, 0.29) is 6.42 Å². The van der Waals surface area contributed by atoms with Gasteiger partial charge in [-0.2, -0.15) is 0 Å². The molecule has 0 unspecified atom stereocenters. The average molecular weight is 327 g/mol. The molecule has 0 amide bonds. The number of carboxylic acid groups (broad SMARTS) is 1. The lowest BCUT2D eigenvalue weighted by molar-refractivity contribution is -0.137. The Morgan fingerprint density at radius 3 is 2.74 bits per heavy atom. The minimum atomic E-state index is -0.777. The number of hydrogen-bond donors (Lipinski definition) is 2. The summed E-state index contributed by atoms with van der Waals surface area (Å²) < 4.78 is 0.735. The molecule has 0 aromatic heterocycles. The van der Waals surface area contributed by atoms with Gasteiger partial charge < -0.3 is 10.2 Å². The second-order valence-corrected chi connectivity index (χ2v) is 5.99. The van der Waals surface area contributed by atoms with Crippen LogP contribution in [0, 0.1) is 0 Å². The fourth-order valence-electron chi connectivity index (χ4n) is 2.80. The predicted octanol–water partition coefficient (Wildman–Crippen LogP) is 3.83. The van der Waals surface area contributed by atoms with E-state index < -0.39 is 5.97 Å². The lowest BCUT2D eigenvalue weighted by Crippen LogP contribution is -2.02. The Labute approximate surface area is 121 Å². The summed E-state index contributed by atoms with van der Waals surface area (Å²) >= 11 is 3.41. The van der Waals surface area contributed by atoms with Crippen molar-refractivity contribution in [1.29, 1.82) is 0 Å². The highest BCUT2D eigenvalue weighted by molar-refractivity contribution is 9.10. The lowest BCUT2D eigenvalue weighted by atomic mass is 9.93.